The normalized spacial score (nSPS) is 14.4. The first-order valence-electron chi connectivity index (χ1n) is 7.21. The molecule has 2 rings (SSSR count). The van der Waals surface area contributed by atoms with Crippen LogP contribution in [0, 0.1) is 6.92 Å². The molecule has 1 saturated heterocycles. The van der Waals surface area contributed by atoms with Crippen molar-refractivity contribution in [2.24, 2.45) is 0 Å². The lowest BCUT2D eigenvalue weighted by Crippen LogP contribution is -2.33. The van der Waals surface area contributed by atoms with Gasteiger partial charge in [-0.05, 0) is 45.8 Å². The van der Waals surface area contributed by atoms with Crippen LogP contribution in [0.3, 0.4) is 0 Å². The quantitative estimate of drug-likeness (QED) is 0.794. The zero-order chi connectivity index (χ0) is 14.5. The molecule has 110 valence electrons. The molecule has 0 bridgehead atoms. The highest BCUT2D eigenvalue weighted by Crippen LogP contribution is 2.20. The second kappa shape index (κ2) is 6.83. The van der Waals surface area contributed by atoms with Crippen molar-refractivity contribution in [2.45, 2.75) is 33.6 Å². The van der Waals surface area contributed by atoms with Gasteiger partial charge in [-0.25, -0.2) is 4.98 Å². The average molecular weight is 294 g/mol. The Labute approximate surface area is 126 Å². The molecule has 2 heterocycles. The highest BCUT2D eigenvalue weighted by atomic mass is 32.1. The molecule has 5 nitrogen and oxygen atoms in total. The third-order valence-corrected chi connectivity index (χ3v) is 3.76. The number of thiocarbonyl (C=S) groups is 1. The molecule has 0 aromatic carbocycles. The van der Waals surface area contributed by atoms with E-state index in [-0.39, 0.29) is 0 Å². The lowest BCUT2D eigenvalue weighted by molar-refractivity contribution is 0.372. The lowest BCUT2D eigenvalue weighted by atomic mass is 10.4. The Morgan fingerprint density at radius 3 is 2.55 bits per heavy atom. The Kier molecular flexibility index (Phi) is 5.11. The van der Waals surface area contributed by atoms with Crippen LogP contribution in [0.2, 0.25) is 0 Å². The van der Waals surface area contributed by atoms with Crippen LogP contribution in [-0.4, -0.2) is 46.2 Å². The van der Waals surface area contributed by atoms with E-state index in [0.717, 1.165) is 37.8 Å². The van der Waals surface area contributed by atoms with Crippen molar-refractivity contribution >= 4 is 23.3 Å². The number of hydrogen-bond acceptors (Lipinski definition) is 5. The van der Waals surface area contributed by atoms with E-state index in [2.05, 4.69) is 28.7 Å². The Hall–Kier alpha value is -1.43. The van der Waals surface area contributed by atoms with Crippen molar-refractivity contribution in [1.82, 2.24) is 14.9 Å². The van der Waals surface area contributed by atoms with Gasteiger partial charge in [-0.1, -0.05) is 0 Å². The summed E-state index contributed by atoms with van der Waals surface area (Å²) >= 11 is 5.31. The van der Waals surface area contributed by atoms with Crippen LogP contribution in [0.1, 0.15) is 32.4 Å². The number of ether oxygens (including phenoxy) is 1. The summed E-state index contributed by atoms with van der Waals surface area (Å²) in [4.78, 5) is 13.2. The molecule has 0 atom stereocenters. The Morgan fingerprint density at radius 1 is 1.30 bits per heavy atom. The molecule has 0 spiro atoms. The Bertz CT molecular complexity index is 470. The molecular weight excluding hydrogens is 272 g/mol. The summed E-state index contributed by atoms with van der Waals surface area (Å²) in [6.45, 7) is 9.76. The topological polar surface area (TPSA) is 41.5 Å². The molecule has 0 unspecified atom stereocenters. The van der Waals surface area contributed by atoms with Gasteiger partial charge in [0.15, 0.2) is 0 Å². The molecule has 1 fully saturated rings. The fourth-order valence-corrected chi connectivity index (χ4v) is 2.61. The minimum atomic E-state index is 0.473. The van der Waals surface area contributed by atoms with Crippen molar-refractivity contribution in [3.63, 3.8) is 0 Å². The van der Waals surface area contributed by atoms with E-state index in [9.17, 15) is 0 Å². The predicted molar refractivity (Wildman–Crippen MR) is 84.4 cm³/mol. The van der Waals surface area contributed by atoms with Gasteiger partial charge in [0.1, 0.15) is 0 Å². The Morgan fingerprint density at radius 2 is 1.95 bits per heavy atom. The zero-order valence-corrected chi connectivity index (χ0v) is 13.2. The maximum Gasteiger partial charge on any atom is 0.266 e. The minimum Gasteiger partial charge on any atom is -0.413 e. The molecular formula is C14H22N4OS. The van der Waals surface area contributed by atoms with Crippen LogP contribution >= 0.6 is 12.2 Å². The van der Waals surface area contributed by atoms with Crippen LogP contribution in [0.4, 0.5) is 5.95 Å². The summed E-state index contributed by atoms with van der Waals surface area (Å²) in [5, 5.41) is 0.473. The predicted octanol–water partition coefficient (Wildman–Crippen LogP) is 2.39. The standard InChI is InChI=1S/C14H22N4OS/c1-4-17(5-2)14(20)19-12-10-11(3)15-13(16-12)18-8-6-7-9-18/h10H,4-9H2,1-3H3. The highest BCUT2D eigenvalue weighted by Gasteiger charge is 2.17. The summed E-state index contributed by atoms with van der Waals surface area (Å²) in [6.07, 6.45) is 2.40. The lowest BCUT2D eigenvalue weighted by Gasteiger charge is -2.21. The number of hydrogen-bond donors (Lipinski definition) is 0. The van der Waals surface area contributed by atoms with E-state index in [0.29, 0.717) is 11.1 Å². The molecule has 0 saturated carbocycles. The first-order chi connectivity index (χ1) is 9.63. The van der Waals surface area contributed by atoms with Crippen LogP contribution in [0.5, 0.6) is 5.88 Å². The first-order valence-corrected chi connectivity index (χ1v) is 7.62. The van der Waals surface area contributed by atoms with Gasteiger partial charge in [-0.15, -0.1) is 0 Å². The maximum absolute atomic E-state index is 5.72. The second-order valence-electron chi connectivity index (χ2n) is 4.88. The van der Waals surface area contributed by atoms with E-state index in [1.54, 1.807) is 0 Å². The van der Waals surface area contributed by atoms with Crippen molar-refractivity contribution in [2.75, 3.05) is 31.1 Å². The van der Waals surface area contributed by atoms with Gasteiger partial charge in [-0.3, -0.25) is 0 Å². The van der Waals surface area contributed by atoms with Gasteiger partial charge >= 0.3 is 0 Å². The van der Waals surface area contributed by atoms with Gasteiger partial charge < -0.3 is 14.5 Å². The first kappa shape index (κ1) is 15.0. The smallest absolute Gasteiger partial charge is 0.266 e. The van der Waals surface area contributed by atoms with Crippen LogP contribution in [0.15, 0.2) is 6.07 Å². The Balaban J connectivity index is 2.13. The molecule has 20 heavy (non-hydrogen) atoms. The molecule has 0 amide bonds. The van der Waals surface area contributed by atoms with Crippen molar-refractivity contribution in [3.05, 3.63) is 11.8 Å². The molecule has 1 aliphatic heterocycles. The number of nitrogens with zero attached hydrogens (tertiary/aromatic N) is 4. The van der Waals surface area contributed by atoms with E-state index in [1.165, 1.54) is 12.8 Å². The number of rotatable bonds is 4. The number of anilines is 1. The van der Waals surface area contributed by atoms with E-state index >= 15 is 0 Å². The summed E-state index contributed by atoms with van der Waals surface area (Å²) in [6, 6.07) is 1.83. The SMILES string of the molecule is CCN(CC)C(=S)Oc1cc(C)nc(N2CCCC2)n1. The highest BCUT2D eigenvalue weighted by molar-refractivity contribution is 7.80. The van der Waals surface area contributed by atoms with Gasteiger partial charge in [0.05, 0.1) is 0 Å². The van der Waals surface area contributed by atoms with Crippen molar-refractivity contribution < 1.29 is 4.74 Å². The molecule has 6 heteroatoms. The van der Waals surface area contributed by atoms with Crippen molar-refractivity contribution in [3.8, 4) is 5.88 Å². The average Bonchev–Trinajstić information content (AvgIpc) is 2.93. The third-order valence-electron chi connectivity index (χ3n) is 3.42. The largest absolute Gasteiger partial charge is 0.413 e. The van der Waals surface area contributed by atoms with Gasteiger partial charge in [-0.2, -0.15) is 4.98 Å². The molecule has 1 aromatic heterocycles. The molecule has 1 aliphatic rings. The fourth-order valence-electron chi connectivity index (χ4n) is 2.27. The summed E-state index contributed by atoms with van der Waals surface area (Å²) in [7, 11) is 0. The van der Waals surface area contributed by atoms with Crippen LogP contribution < -0.4 is 9.64 Å². The van der Waals surface area contributed by atoms with Gasteiger partial charge in [0.25, 0.3) is 5.17 Å². The number of aryl methyl sites for hydroxylation is 1. The summed E-state index contributed by atoms with van der Waals surface area (Å²) < 4.78 is 5.72. The summed E-state index contributed by atoms with van der Waals surface area (Å²) in [5.41, 5.74) is 0.902. The van der Waals surface area contributed by atoms with E-state index in [1.807, 2.05) is 17.9 Å². The van der Waals surface area contributed by atoms with Crippen molar-refractivity contribution in [1.29, 1.82) is 0 Å². The van der Waals surface area contributed by atoms with Crippen LogP contribution in [-0.2, 0) is 0 Å². The van der Waals surface area contributed by atoms with Crippen LogP contribution in [0.25, 0.3) is 0 Å². The zero-order valence-electron chi connectivity index (χ0n) is 12.4. The molecule has 1 aromatic rings. The second-order valence-corrected chi connectivity index (χ2v) is 5.23. The monoisotopic (exact) mass is 294 g/mol. The molecule has 0 aliphatic carbocycles. The van der Waals surface area contributed by atoms with E-state index in [4.69, 9.17) is 17.0 Å². The molecule has 0 radical (unpaired) electrons. The van der Waals surface area contributed by atoms with Gasteiger partial charge in [0.2, 0.25) is 11.8 Å². The minimum absolute atomic E-state index is 0.473. The third kappa shape index (κ3) is 3.56. The fraction of sp³-hybridized carbons (Fsp3) is 0.643. The van der Waals surface area contributed by atoms with Gasteiger partial charge in [0, 0.05) is 37.9 Å². The maximum atomic E-state index is 5.72. The van der Waals surface area contributed by atoms with E-state index < -0.39 is 0 Å². The number of aromatic nitrogens is 2. The summed E-state index contributed by atoms with van der Waals surface area (Å²) in [5.74, 6) is 1.29. The molecule has 0 N–H and O–H groups in total.